The number of carboxylic acid groups (broad SMARTS) is 1. The number of hydrogen-bond acceptors (Lipinski definition) is 4. The number of carbonyl (C=O) groups excluding carboxylic acids is 1. The van der Waals surface area contributed by atoms with E-state index >= 15 is 0 Å². The molecule has 2 aromatic rings. The number of primary amides is 1. The van der Waals surface area contributed by atoms with Crippen LogP contribution >= 0.6 is 15.9 Å². The summed E-state index contributed by atoms with van der Waals surface area (Å²) in [7, 11) is 0. The summed E-state index contributed by atoms with van der Waals surface area (Å²) in [5.41, 5.74) is 5.38. The first-order chi connectivity index (χ1) is 9.99. The van der Waals surface area contributed by atoms with Gasteiger partial charge in [0.15, 0.2) is 11.4 Å². The van der Waals surface area contributed by atoms with Gasteiger partial charge in [-0.25, -0.2) is 9.78 Å². The van der Waals surface area contributed by atoms with E-state index in [4.69, 9.17) is 10.5 Å². The Morgan fingerprint density at radius 1 is 1.43 bits per heavy atom. The number of ether oxygens (including phenoxy) is 1. The Balaban J connectivity index is 2.33. The van der Waals surface area contributed by atoms with Crippen molar-refractivity contribution in [3.8, 4) is 17.1 Å². The third kappa shape index (κ3) is 2.17. The van der Waals surface area contributed by atoms with Crippen molar-refractivity contribution in [2.24, 2.45) is 5.73 Å². The Morgan fingerprint density at radius 3 is 2.86 bits per heavy atom. The summed E-state index contributed by atoms with van der Waals surface area (Å²) >= 11 is 3.35. The lowest BCUT2D eigenvalue weighted by molar-refractivity contribution is 0.0679. The van der Waals surface area contributed by atoms with E-state index in [1.54, 1.807) is 12.1 Å². The van der Waals surface area contributed by atoms with Gasteiger partial charge in [0.25, 0.3) is 5.91 Å². The molecule has 3 rings (SSSR count). The first kappa shape index (κ1) is 13.6. The number of aromatic nitrogens is 2. The molecule has 2 heterocycles. The predicted octanol–water partition coefficient (Wildman–Crippen LogP) is 1.50. The second kappa shape index (κ2) is 4.88. The van der Waals surface area contributed by atoms with Crippen molar-refractivity contribution in [2.45, 2.75) is 6.54 Å². The molecule has 7 nitrogen and oxygen atoms in total. The van der Waals surface area contributed by atoms with Crippen molar-refractivity contribution in [2.75, 3.05) is 6.61 Å². The van der Waals surface area contributed by atoms with Crippen LogP contribution in [0.15, 0.2) is 22.7 Å². The first-order valence-electron chi connectivity index (χ1n) is 6.05. The number of imidazole rings is 1. The van der Waals surface area contributed by atoms with E-state index in [0.29, 0.717) is 17.1 Å². The molecule has 0 spiro atoms. The minimum atomic E-state index is -1.25. The SMILES string of the molecule is NC(=O)c1nc2n(c1C(=O)O)CCOc1ccc(Br)cc1-2. The second-order valence-electron chi connectivity index (χ2n) is 4.44. The van der Waals surface area contributed by atoms with Gasteiger partial charge in [-0.05, 0) is 18.2 Å². The van der Waals surface area contributed by atoms with Crippen LogP contribution in [0.4, 0.5) is 0 Å². The van der Waals surface area contributed by atoms with E-state index in [-0.39, 0.29) is 24.5 Å². The predicted molar refractivity (Wildman–Crippen MR) is 76.3 cm³/mol. The Morgan fingerprint density at radius 2 is 2.19 bits per heavy atom. The average molecular weight is 352 g/mol. The van der Waals surface area contributed by atoms with E-state index in [0.717, 1.165) is 4.47 Å². The van der Waals surface area contributed by atoms with Gasteiger partial charge in [0.05, 0.1) is 12.1 Å². The highest BCUT2D eigenvalue weighted by molar-refractivity contribution is 9.10. The van der Waals surface area contributed by atoms with Crippen LogP contribution < -0.4 is 10.5 Å². The van der Waals surface area contributed by atoms with Gasteiger partial charge in [0, 0.05) is 4.47 Å². The van der Waals surface area contributed by atoms with E-state index in [2.05, 4.69) is 20.9 Å². The maximum absolute atomic E-state index is 11.5. The minimum Gasteiger partial charge on any atom is -0.491 e. The molecule has 0 saturated carbocycles. The quantitative estimate of drug-likeness (QED) is 0.852. The van der Waals surface area contributed by atoms with Crippen molar-refractivity contribution in [3.05, 3.63) is 34.1 Å². The lowest BCUT2D eigenvalue weighted by Gasteiger charge is -2.05. The van der Waals surface area contributed by atoms with E-state index in [1.807, 2.05) is 6.07 Å². The molecule has 3 N–H and O–H groups in total. The summed E-state index contributed by atoms with van der Waals surface area (Å²) in [6.45, 7) is 0.542. The Labute approximate surface area is 127 Å². The molecular weight excluding hydrogens is 342 g/mol. The number of nitrogens with zero attached hydrogens (tertiary/aromatic N) is 2. The number of carboxylic acids is 1. The Kier molecular flexibility index (Phi) is 3.17. The molecule has 0 saturated heterocycles. The molecule has 0 unspecified atom stereocenters. The van der Waals surface area contributed by atoms with Gasteiger partial charge in [-0.3, -0.25) is 4.79 Å². The van der Waals surface area contributed by atoms with Crippen LogP contribution in [0.1, 0.15) is 21.0 Å². The molecule has 108 valence electrons. The number of halogens is 1. The third-order valence-electron chi connectivity index (χ3n) is 3.16. The average Bonchev–Trinajstić information content (AvgIpc) is 2.72. The summed E-state index contributed by atoms with van der Waals surface area (Å²) in [4.78, 5) is 27.0. The highest BCUT2D eigenvalue weighted by atomic mass is 79.9. The number of fused-ring (bicyclic) bond motifs is 3. The zero-order valence-corrected chi connectivity index (χ0v) is 12.3. The zero-order valence-electron chi connectivity index (χ0n) is 10.7. The van der Waals surface area contributed by atoms with Crippen LogP contribution in [0.3, 0.4) is 0 Å². The monoisotopic (exact) mass is 351 g/mol. The number of hydrogen-bond donors (Lipinski definition) is 2. The molecule has 21 heavy (non-hydrogen) atoms. The Bertz CT molecular complexity index is 769. The van der Waals surface area contributed by atoms with Crippen LogP contribution in [-0.4, -0.2) is 33.1 Å². The number of nitrogens with two attached hydrogens (primary N) is 1. The fraction of sp³-hybridized carbons (Fsp3) is 0.154. The molecule has 1 amide bonds. The second-order valence-corrected chi connectivity index (χ2v) is 5.36. The molecule has 0 atom stereocenters. The fourth-order valence-electron chi connectivity index (χ4n) is 2.31. The summed E-state index contributed by atoms with van der Waals surface area (Å²) in [6, 6.07) is 5.33. The van der Waals surface area contributed by atoms with Crippen LogP contribution in [0, 0.1) is 0 Å². The maximum Gasteiger partial charge on any atom is 0.355 e. The summed E-state index contributed by atoms with van der Waals surface area (Å²) < 4.78 is 7.82. The Hall–Kier alpha value is -2.35. The molecule has 1 aliphatic heterocycles. The highest BCUT2D eigenvalue weighted by Crippen LogP contribution is 2.35. The number of aromatic carboxylic acids is 1. The number of benzene rings is 1. The fourth-order valence-corrected chi connectivity index (χ4v) is 2.68. The molecule has 1 aromatic carbocycles. The highest BCUT2D eigenvalue weighted by Gasteiger charge is 2.29. The van der Waals surface area contributed by atoms with Crippen LogP contribution in [-0.2, 0) is 6.54 Å². The number of carbonyl (C=O) groups is 2. The van der Waals surface area contributed by atoms with Gasteiger partial charge < -0.3 is 20.1 Å². The van der Waals surface area contributed by atoms with E-state index in [9.17, 15) is 14.7 Å². The van der Waals surface area contributed by atoms with Crippen molar-refractivity contribution >= 4 is 27.8 Å². The topological polar surface area (TPSA) is 107 Å². The van der Waals surface area contributed by atoms with E-state index < -0.39 is 11.9 Å². The lowest BCUT2D eigenvalue weighted by Crippen LogP contribution is -2.19. The molecule has 0 radical (unpaired) electrons. The van der Waals surface area contributed by atoms with Gasteiger partial charge >= 0.3 is 5.97 Å². The third-order valence-corrected chi connectivity index (χ3v) is 3.65. The smallest absolute Gasteiger partial charge is 0.355 e. The first-order valence-corrected chi connectivity index (χ1v) is 6.84. The standard InChI is InChI=1S/C13H10BrN3O4/c14-6-1-2-8-7(5-6)12-16-9(11(15)18)10(13(19)20)17(12)3-4-21-8/h1-2,5H,3-4H2,(H2,15,18)(H,19,20). The van der Waals surface area contributed by atoms with E-state index in [1.165, 1.54) is 4.57 Å². The van der Waals surface area contributed by atoms with Gasteiger partial charge in [0.1, 0.15) is 18.2 Å². The summed E-state index contributed by atoms with van der Waals surface area (Å²) in [5, 5.41) is 9.34. The van der Waals surface area contributed by atoms with Gasteiger partial charge in [-0.1, -0.05) is 15.9 Å². The van der Waals surface area contributed by atoms with Crippen molar-refractivity contribution < 1.29 is 19.4 Å². The molecular formula is C13H10BrN3O4. The van der Waals surface area contributed by atoms with Crippen molar-refractivity contribution in [3.63, 3.8) is 0 Å². The molecule has 0 bridgehead atoms. The van der Waals surface area contributed by atoms with Gasteiger partial charge in [-0.2, -0.15) is 0 Å². The molecule has 0 aliphatic carbocycles. The lowest BCUT2D eigenvalue weighted by atomic mass is 10.2. The van der Waals surface area contributed by atoms with Crippen molar-refractivity contribution in [1.82, 2.24) is 9.55 Å². The van der Waals surface area contributed by atoms with Crippen LogP contribution in [0.2, 0.25) is 0 Å². The molecule has 1 aromatic heterocycles. The van der Waals surface area contributed by atoms with Gasteiger partial charge in [-0.15, -0.1) is 0 Å². The summed E-state index contributed by atoms with van der Waals surface area (Å²) in [5.74, 6) is -1.18. The minimum absolute atomic E-state index is 0.214. The normalized spacial score (nSPS) is 12.8. The number of amides is 1. The molecule has 0 fully saturated rings. The van der Waals surface area contributed by atoms with Crippen LogP contribution in [0.25, 0.3) is 11.4 Å². The van der Waals surface area contributed by atoms with Crippen molar-refractivity contribution in [1.29, 1.82) is 0 Å². The summed E-state index contributed by atoms with van der Waals surface area (Å²) in [6.07, 6.45) is 0. The number of rotatable bonds is 2. The zero-order chi connectivity index (χ0) is 15.1. The molecule has 8 heteroatoms. The van der Waals surface area contributed by atoms with Gasteiger partial charge in [0.2, 0.25) is 0 Å². The molecule has 1 aliphatic rings. The maximum atomic E-state index is 11.5. The van der Waals surface area contributed by atoms with Crippen LogP contribution in [0.5, 0.6) is 5.75 Å². The largest absolute Gasteiger partial charge is 0.491 e.